The van der Waals surface area contributed by atoms with Crippen molar-refractivity contribution in [2.45, 2.75) is 4.90 Å². The van der Waals surface area contributed by atoms with E-state index in [2.05, 4.69) is 37.2 Å². The first-order chi connectivity index (χ1) is 8.27. The number of carbonyl (C=O) groups is 1. The molecule has 0 saturated heterocycles. The molecule has 1 rings (SSSR count). The van der Waals surface area contributed by atoms with Gasteiger partial charge in [-0.2, -0.15) is 8.42 Å². The highest BCUT2D eigenvalue weighted by Crippen LogP contribution is 2.27. The van der Waals surface area contributed by atoms with E-state index in [0.29, 0.717) is 0 Å². The first-order valence-electron chi connectivity index (χ1n) is 4.40. The maximum Gasteiger partial charge on any atom is 0.296 e. The van der Waals surface area contributed by atoms with Gasteiger partial charge in [-0.15, -0.1) is 0 Å². The third-order valence-corrected chi connectivity index (χ3v) is 4.48. The van der Waals surface area contributed by atoms with Crippen molar-refractivity contribution in [2.24, 2.45) is 0 Å². The van der Waals surface area contributed by atoms with Crippen molar-refractivity contribution >= 4 is 59.3 Å². The van der Waals surface area contributed by atoms with E-state index in [1.165, 1.54) is 17.1 Å². The Morgan fingerprint density at radius 2 is 2.06 bits per heavy atom. The van der Waals surface area contributed by atoms with Gasteiger partial charge in [0.25, 0.3) is 16.0 Å². The standard InChI is InChI=1S/C9H8Br2N2O4S/c10-4-5(11)9(14)13-6-2-1-3-7(8(6)12)18(15,16)17/h1-4H,12H2,(H,13,14)(H,15,16,17). The average molecular weight is 400 g/mol. The van der Waals surface area contributed by atoms with Crippen LogP contribution in [0.25, 0.3) is 0 Å². The van der Waals surface area contributed by atoms with E-state index < -0.39 is 20.9 Å². The lowest BCUT2D eigenvalue weighted by Gasteiger charge is -2.10. The van der Waals surface area contributed by atoms with E-state index in [9.17, 15) is 13.2 Å². The number of halogens is 2. The van der Waals surface area contributed by atoms with E-state index in [-0.39, 0.29) is 15.9 Å². The summed E-state index contributed by atoms with van der Waals surface area (Å²) in [4.78, 5) is 12.4. The zero-order valence-electron chi connectivity index (χ0n) is 8.72. The van der Waals surface area contributed by atoms with Gasteiger partial charge in [0.2, 0.25) is 0 Å². The molecule has 0 spiro atoms. The fourth-order valence-corrected chi connectivity index (χ4v) is 2.05. The molecule has 0 aliphatic heterocycles. The lowest BCUT2D eigenvalue weighted by molar-refractivity contribution is -0.112. The largest absolute Gasteiger partial charge is 0.396 e. The van der Waals surface area contributed by atoms with Crippen LogP contribution in [0.5, 0.6) is 0 Å². The summed E-state index contributed by atoms with van der Waals surface area (Å²) in [6.45, 7) is 0. The minimum absolute atomic E-state index is 0.0847. The molecule has 9 heteroatoms. The third kappa shape index (κ3) is 3.55. The Morgan fingerprint density at radius 1 is 1.44 bits per heavy atom. The van der Waals surface area contributed by atoms with Crippen LogP contribution in [0.2, 0.25) is 0 Å². The quantitative estimate of drug-likeness (QED) is 0.409. The first-order valence-corrected chi connectivity index (χ1v) is 7.55. The Labute approximate surface area is 120 Å². The number of hydrogen-bond donors (Lipinski definition) is 3. The van der Waals surface area contributed by atoms with Gasteiger partial charge in [0, 0.05) is 4.99 Å². The SMILES string of the molecule is Nc1c(NC(=O)C(Br)=CBr)cccc1S(=O)(=O)O. The van der Waals surface area contributed by atoms with Gasteiger partial charge in [-0.05, 0) is 28.1 Å². The molecule has 0 aliphatic rings. The highest BCUT2D eigenvalue weighted by Gasteiger charge is 2.17. The van der Waals surface area contributed by atoms with E-state index >= 15 is 0 Å². The van der Waals surface area contributed by atoms with Crippen LogP contribution in [0.1, 0.15) is 0 Å². The molecule has 0 atom stereocenters. The van der Waals surface area contributed by atoms with Gasteiger partial charge in [0.15, 0.2) is 0 Å². The molecular weight excluding hydrogens is 392 g/mol. The predicted octanol–water partition coefficient (Wildman–Crippen LogP) is 2.09. The summed E-state index contributed by atoms with van der Waals surface area (Å²) >= 11 is 5.93. The van der Waals surface area contributed by atoms with Gasteiger partial charge < -0.3 is 11.1 Å². The summed E-state index contributed by atoms with van der Waals surface area (Å²) in [7, 11) is -4.43. The second-order valence-corrected chi connectivity index (χ2v) is 5.81. The first kappa shape index (κ1) is 15.2. The minimum atomic E-state index is -4.43. The number of carbonyl (C=O) groups excluding carboxylic acids is 1. The number of benzene rings is 1. The van der Waals surface area contributed by atoms with Crippen molar-refractivity contribution in [3.63, 3.8) is 0 Å². The molecule has 0 aromatic heterocycles. The van der Waals surface area contributed by atoms with E-state index in [0.717, 1.165) is 6.07 Å². The second-order valence-electron chi connectivity index (χ2n) is 3.10. The van der Waals surface area contributed by atoms with Crippen LogP contribution >= 0.6 is 31.9 Å². The van der Waals surface area contributed by atoms with E-state index in [4.69, 9.17) is 10.3 Å². The van der Waals surface area contributed by atoms with Crippen molar-refractivity contribution in [1.82, 2.24) is 0 Å². The molecule has 0 heterocycles. The number of anilines is 2. The lowest BCUT2D eigenvalue weighted by atomic mass is 10.2. The Balaban J connectivity index is 3.18. The molecular formula is C9H8Br2N2O4S. The van der Waals surface area contributed by atoms with Crippen molar-refractivity contribution in [3.8, 4) is 0 Å². The van der Waals surface area contributed by atoms with Crippen LogP contribution in [0.3, 0.4) is 0 Å². The van der Waals surface area contributed by atoms with Gasteiger partial charge in [-0.1, -0.05) is 22.0 Å². The number of amides is 1. The smallest absolute Gasteiger partial charge is 0.296 e. The van der Waals surface area contributed by atoms with Gasteiger partial charge in [-0.25, -0.2) is 0 Å². The predicted molar refractivity (Wildman–Crippen MR) is 75.2 cm³/mol. The zero-order chi connectivity index (χ0) is 13.9. The van der Waals surface area contributed by atoms with Gasteiger partial charge in [-0.3, -0.25) is 9.35 Å². The second kappa shape index (κ2) is 5.83. The molecule has 0 aliphatic carbocycles. The summed E-state index contributed by atoms with van der Waals surface area (Å²) in [5.41, 5.74) is 5.41. The molecule has 0 bridgehead atoms. The van der Waals surface area contributed by atoms with Gasteiger partial charge in [0.1, 0.15) is 4.90 Å². The molecule has 0 unspecified atom stereocenters. The Kier molecular flexibility index (Phi) is 4.91. The molecule has 6 nitrogen and oxygen atoms in total. The fourth-order valence-electron chi connectivity index (χ4n) is 1.11. The normalized spacial score (nSPS) is 12.3. The van der Waals surface area contributed by atoms with Crippen LogP contribution in [-0.2, 0) is 14.9 Å². The minimum Gasteiger partial charge on any atom is -0.396 e. The maximum absolute atomic E-state index is 11.5. The molecule has 0 radical (unpaired) electrons. The average Bonchev–Trinajstić information content (AvgIpc) is 2.29. The van der Waals surface area contributed by atoms with E-state index in [1.54, 1.807) is 0 Å². The topological polar surface area (TPSA) is 109 Å². The summed E-state index contributed by atoms with van der Waals surface area (Å²) in [5.74, 6) is -0.522. The number of para-hydroxylation sites is 1. The maximum atomic E-state index is 11.5. The zero-order valence-corrected chi connectivity index (χ0v) is 12.7. The van der Waals surface area contributed by atoms with Crippen LogP contribution < -0.4 is 11.1 Å². The third-order valence-electron chi connectivity index (χ3n) is 1.90. The molecule has 18 heavy (non-hydrogen) atoms. The summed E-state index contributed by atoms with van der Waals surface area (Å²) in [6, 6.07) is 3.90. The molecule has 0 fully saturated rings. The molecule has 98 valence electrons. The van der Waals surface area contributed by atoms with Crippen LogP contribution in [-0.4, -0.2) is 18.9 Å². The Morgan fingerprint density at radius 3 is 2.56 bits per heavy atom. The number of nitrogens with two attached hydrogens (primary N) is 1. The molecule has 1 aromatic carbocycles. The Hall–Kier alpha value is -0.900. The molecule has 4 N–H and O–H groups in total. The molecule has 0 saturated carbocycles. The highest BCUT2D eigenvalue weighted by atomic mass is 79.9. The Bertz CT molecular complexity index is 613. The molecule has 1 aromatic rings. The number of rotatable bonds is 3. The monoisotopic (exact) mass is 398 g/mol. The van der Waals surface area contributed by atoms with Gasteiger partial charge in [0.05, 0.1) is 15.9 Å². The van der Waals surface area contributed by atoms with Crippen molar-refractivity contribution in [3.05, 3.63) is 27.7 Å². The van der Waals surface area contributed by atoms with Crippen LogP contribution in [0.4, 0.5) is 11.4 Å². The summed E-state index contributed by atoms with van der Waals surface area (Å²) < 4.78 is 31.2. The lowest BCUT2D eigenvalue weighted by Crippen LogP contribution is -2.14. The highest BCUT2D eigenvalue weighted by molar-refractivity contribution is 9.14. The van der Waals surface area contributed by atoms with Crippen LogP contribution in [0.15, 0.2) is 32.6 Å². The number of nitrogen functional groups attached to an aromatic ring is 1. The summed E-state index contributed by atoms with van der Waals surface area (Å²) in [6.07, 6.45) is 0. The fraction of sp³-hybridized carbons (Fsp3) is 0. The summed E-state index contributed by atoms with van der Waals surface area (Å²) in [5, 5.41) is 2.39. The van der Waals surface area contributed by atoms with Crippen LogP contribution in [0, 0.1) is 0 Å². The van der Waals surface area contributed by atoms with Crippen molar-refractivity contribution in [1.29, 1.82) is 0 Å². The van der Waals surface area contributed by atoms with E-state index in [1.807, 2.05) is 0 Å². The van der Waals surface area contributed by atoms with Crippen molar-refractivity contribution in [2.75, 3.05) is 11.1 Å². The number of hydrogen-bond acceptors (Lipinski definition) is 4. The van der Waals surface area contributed by atoms with Crippen molar-refractivity contribution < 1.29 is 17.8 Å². The molecule has 1 amide bonds. The van der Waals surface area contributed by atoms with Gasteiger partial charge >= 0.3 is 0 Å². The number of nitrogens with one attached hydrogen (secondary N) is 1.